The monoisotopic (exact) mass is 576 g/mol. The van der Waals surface area contributed by atoms with Crippen LogP contribution in [0, 0.1) is 5.92 Å². The predicted octanol–water partition coefficient (Wildman–Crippen LogP) is 8.57. The van der Waals surface area contributed by atoms with Crippen molar-refractivity contribution < 1.29 is 28.9 Å². The summed E-state index contributed by atoms with van der Waals surface area (Å²) in [5, 5.41) is 9.47. The summed E-state index contributed by atoms with van der Waals surface area (Å²) in [5.74, 6) is 0.0943. The van der Waals surface area contributed by atoms with Crippen LogP contribution in [0.25, 0.3) is 0 Å². The minimum absolute atomic E-state index is 0.0988. The van der Waals surface area contributed by atoms with E-state index in [9.17, 15) is 14.7 Å². The molecule has 1 saturated heterocycles. The van der Waals surface area contributed by atoms with E-state index in [1.54, 1.807) is 0 Å². The summed E-state index contributed by atoms with van der Waals surface area (Å²) >= 11 is 0. The number of aliphatic hydroxyl groups excluding tert-OH is 1. The van der Waals surface area contributed by atoms with Crippen molar-refractivity contribution in [2.24, 2.45) is 5.92 Å². The molecular weight excluding hydrogens is 516 g/mol. The van der Waals surface area contributed by atoms with Crippen LogP contribution in [0.2, 0.25) is 0 Å². The van der Waals surface area contributed by atoms with Crippen molar-refractivity contribution in [3.05, 3.63) is 36.5 Å². The predicted molar refractivity (Wildman–Crippen MR) is 168 cm³/mol. The molecule has 0 amide bonds. The number of carbonyl (C=O) groups excluding carboxylic acids is 2. The zero-order chi connectivity index (χ0) is 30.0. The smallest absolute Gasteiger partial charge is 0.306 e. The zero-order valence-electron chi connectivity index (χ0n) is 26.4. The lowest BCUT2D eigenvalue weighted by Gasteiger charge is -2.15. The molecule has 0 aromatic carbocycles. The first-order valence-corrected chi connectivity index (χ1v) is 16.5. The van der Waals surface area contributed by atoms with Crippen molar-refractivity contribution in [3.63, 3.8) is 0 Å². The highest BCUT2D eigenvalue weighted by atomic mass is 16.6. The molecule has 1 aliphatic rings. The molecule has 0 radical (unpaired) electrons. The van der Waals surface area contributed by atoms with E-state index in [4.69, 9.17) is 14.2 Å². The van der Waals surface area contributed by atoms with E-state index >= 15 is 0 Å². The van der Waals surface area contributed by atoms with Crippen LogP contribution in [0.4, 0.5) is 0 Å². The average molecular weight is 577 g/mol. The number of esters is 2. The second-order valence-electron chi connectivity index (χ2n) is 11.8. The second kappa shape index (κ2) is 25.8. The molecule has 0 bridgehead atoms. The molecule has 1 aliphatic heterocycles. The third kappa shape index (κ3) is 23.3. The molecule has 0 saturated carbocycles. The number of ether oxygens (including phenoxy) is 3. The van der Waals surface area contributed by atoms with Crippen LogP contribution in [-0.4, -0.2) is 48.6 Å². The van der Waals surface area contributed by atoms with Gasteiger partial charge in [0.1, 0.15) is 6.61 Å². The molecule has 1 fully saturated rings. The average Bonchev–Trinajstić information content (AvgIpc) is 3.71. The lowest BCUT2D eigenvalue weighted by molar-refractivity contribution is -0.161. The molecule has 1 N–H and O–H groups in total. The molecule has 6 heteroatoms. The van der Waals surface area contributed by atoms with Crippen molar-refractivity contribution in [1.29, 1.82) is 0 Å². The number of allylic oxidation sites excluding steroid dienone is 4. The molecule has 0 spiro atoms. The van der Waals surface area contributed by atoms with Gasteiger partial charge in [-0.2, -0.15) is 0 Å². The highest BCUT2D eigenvalue weighted by Gasteiger charge is 2.35. The molecule has 0 aromatic rings. The Morgan fingerprint density at radius 3 is 2.07 bits per heavy atom. The molecule has 1 heterocycles. The fraction of sp³-hybridized carbons (Fsp3) is 0.771. The third-order valence-electron chi connectivity index (χ3n) is 7.27. The number of epoxide rings is 1. The van der Waals surface area contributed by atoms with Crippen molar-refractivity contribution in [2.45, 2.75) is 155 Å². The second-order valence-corrected chi connectivity index (χ2v) is 11.8. The summed E-state index contributed by atoms with van der Waals surface area (Å²) < 4.78 is 16.2. The van der Waals surface area contributed by atoms with Gasteiger partial charge in [0.05, 0.1) is 18.8 Å². The molecule has 6 nitrogen and oxygen atoms in total. The summed E-state index contributed by atoms with van der Waals surface area (Å²) in [5.41, 5.74) is 0. The minimum atomic E-state index is -0.794. The molecule has 41 heavy (non-hydrogen) atoms. The summed E-state index contributed by atoms with van der Waals surface area (Å²) in [4.78, 5) is 24.0. The molecule has 2 unspecified atom stereocenters. The number of hydrogen-bond donors (Lipinski definition) is 1. The van der Waals surface area contributed by atoms with Gasteiger partial charge in [-0.3, -0.25) is 9.59 Å². The fourth-order valence-corrected chi connectivity index (χ4v) is 4.59. The Balaban J connectivity index is 1.98. The largest absolute Gasteiger partial charge is 0.462 e. The van der Waals surface area contributed by atoms with Crippen molar-refractivity contribution >= 4 is 11.9 Å². The lowest BCUT2D eigenvalue weighted by atomic mass is 10.0. The van der Waals surface area contributed by atoms with Gasteiger partial charge in [-0.25, -0.2) is 0 Å². The fourth-order valence-electron chi connectivity index (χ4n) is 4.59. The first kappa shape index (κ1) is 37.1. The highest BCUT2D eigenvalue weighted by molar-refractivity contribution is 5.70. The van der Waals surface area contributed by atoms with Gasteiger partial charge in [-0.1, -0.05) is 109 Å². The summed E-state index contributed by atoms with van der Waals surface area (Å²) in [6.07, 6.45) is 31.1. The summed E-state index contributed by atoms with van der Waals surface area (Å²) in [7, 11) is 0. The van der Waals surface area contributed by atoms with Crippen LogP contribution in [0.5, 0.6) is 0 Å². The summed E-state index contributed by atoms with van der Waals surface area (Å²) in [6.45, 7) is 6.28. The Bertz CT molecular complexity index is 741. The number of unbranched alkanes of at least 4 members (excludes halogenated alkanes) is 9. The van der Waals surface area contributed by atoms with Crippen molar-refractivity contribution in [2.75, 3.05) is 13.2 Å². The minimum Gasteiger partial charge on any atom is -0.462 e. The van der Waals surface area contributed by atoms with E-state index < -0.39 is 6.10 Å². The van der Waals surface area contributed by atoms with Crippen molar-refractivity contribution in [1.82, 2.24) is 0 Å². The highest BCUT2D eigenvalue weighted by Crippen LogP contribution is 2.29. The Kier molecular flexibility index (Phi) is 23.3. The Morgan fingerprint density at radius 1 is 0.756 bits per heavy atom. The van der Waals surface area contributed by atoms with E-state index in [0.717, 1.165) is 50.9 Å². The van der Waals surface area contributed by atoms with Crippen LogP contribution in [-0.2, 0) is 23.8 Å². The van der Waals surface area contributed by atoms with Crippen LogP contribution in [0.1, 0.15) is 136 Å². The van der Waals surface area contributed by atoms with Gasteiger partial charge in [0.25, 0.3) is 0 Å². The zero-order valence-corrected chi connectivity index (χ0v) is 26.4. The topological polar surface area (TPSA) is 85.4 Å². The summed E-state index contributed by atoms with van der Waals surface area (Å²) in [6, 6.07) is 0. The first-order chi connectivity index (χ1) is 20.0. The normalized spacial score (nSPS) is 17.7. The van der Waals surface area contributed by atoms with Crippen LogP contribution < -0.4 is 0 Å². The first-order valence-electron chi connectivity index (χ1n) is 16.5. The Morgan fingerprint density at radius 2 is 1.37 bits per heavy atom. The van der Waals surface area contributed by atoms with Crippen molar-refractivity contribution in [3.8, 4) is 0 Å². The molecule has 0 aromatic heterocycles. The van der Waals surface area contributed by atoms with Gasteiger partial charge in [0, 0.05) is 12.8 Å². The van der Waals surface area contributed by atoms with E-state index in [1.807, 2.05) is 0 Å². The molecule has 1 rings (SSSR count). The van der Waals surface area contributed by atoms with Gasteiger partial charge in [0.2, 0.25) is 0 Å². The standard InChI is InChI=1S/C35H60O6/c1-4-5-6-7-14-19-24-32-33(41-32)25-20-15-9-8-10-16-21-26-34(37)39-29-31(28-36)40-35(38)27-22-17-12-11-13-18-23-30(2)3/h8,10,14-15,19-20,30-33,36H,4-7,9,11-13,16-18,21-29H2,1-3H3/b10-8-,19-14-,20-15-/t31-,32?,33?/m0/s1. The van der Waals surface area contributed by atoms with E-state index in [-0.39, 0.29) is 25.2 Å². The van der Waals surface area contributed by atoms with Crippen LogP contribution >= 0.6 is 0 Å². The molecule has 0 aliphatic carbocycles. The Labute approximate surface area is 251 Å². The van der Waals surface area contributed by atoms with Crippen LogP contribution in [0.3, 0.4) is 0 Å². The van der Waals surface area contributed by atoms with E-state index in [1.165, 1.54) is 51.4 Å². The third-order valence-corrected chi connectivity index (χ3v) is 7.27. The number of aliphatic hydroxyl groups is 1. The molecule has 3 atom stereocenters. The maximum atomic E-state index is 12.0. The van der Waals surface area contributed by atoms with Gasteiger partial charge in [-0.15, -0.1) is 0 Å². The number of rotatable bonds is 27. The number of carbonyl (C=O) groups is 2. The Hall–Kier alpha value is -1.92. The maximum Gasteiger partial charge on any atom is 0.306 e. The maximum absolute atomic E-state index is 12.0. The van der Waals surface area contributed by atoms with E-state index in [2.05, 4.69) is 57.2 Å². The van der Waals surface area contributed by atoms with Crippen LogP contribution in [0.15, 0.2) is 36.5 Å². The van der Waals surface area contributed by atoms with E-state index in [0.29, 0.717) is 31.5 Å². The lowest BCUT2D eigenvalue weighted by Crippen LogP contribution is -2.28. The van der Waals surface area contributed by atoms with Gasteiger partial charge >= 0.3 is 11.9 Å². The molecule has 236 valence electrons. The molecular formula is C35H60O6. The van der Waals surface area contributed by atoms with Gasteiger partial charge in [0.15, 0.2) is 6.10 Å². The van der Waals surface area contributed by atoms with Gasteiger partial charge in [-0.05, 0) is 57.3 Å². The SMILES string of the molecule is CCCCC/C=C\CC1OC1C/C=C\C/C=C\CCCC(=O)OC[C@H](CO)OC(=O)CCCCCCCCC(C)C. The van der Waals surface area contributed by atoms with Gasteiger partial charge < -0.3 is 19.3 Å². The quantitative estimate of drug-likeness (QED) is 0.0456. The number of hydrogen-bond acceptors (Lipinski definition) is 6.